The second-order valence-electron chi connectivity index (χ2n) is 5.73. The Morgan fingerprint density at radius 3 is 2.50 bits per heavy atom. The van der Waals surface area contributed by atoms with Gasteiger partial charge in [0.2, 0.25) is 0 Å². The van der Waals surface area contributed by atoms with Gasteiger partial charge in [-0.05, 0) is 17.0 Å². The third kappa shape index (κ3) is 4.21. The lowest BCUT2D eigenvalue weighted by Crippen LogP contribution is -2.39. The van der Waals surface area contributed by atoms with Crippen LogP contribution in [0.1, 0.15) is 31.9 Å². The van der Waals surface area contributed by atoms with Crippen molar-refractivity contribution in [2.75, 3.05) is 13.7 Å². The molecule has 0 amide bonds. The van der Waals surface area contributed by atoms with Gasteiger partial charge in [0.05, 0.1) is 13.7 Å². The van der Waals surface area contributed by atoms with Gasteiger partial charge in [0.25, 0.3) is 0 Å². The Labute approximate surface area is 119 Å². The van der Waals surface area contributed by atoms with E-state index in [0.29, 0.717) is 12.3 Å². The molecule has 0 aliphatic rings. The number of aliphatic hydroxyl groups excluding tert-OH is 1. The molecule has 1 atom stereocenters. The number of carboxylic acid groups (broad SMARTS) is 1. The summed E-state index contributed by atoms with van der Waals surface area (Å²) in [5.74, 6) is -0.357. The Hall–Kier alpha value is -1.59. The average molecular weight is 281 g/mol. The van der Waals surface area contributed by atoms with Crippen molar-refractivity contribution in [1.82, 2.24) is 5.32 Å². The fraction of sp³-hybridized carbons (Fsp3) is 0.533. The van der Waals surface area contributed by atoms with E-state index in [1.807, 2.05) is 18.2 Å². The summed E-state index contributed by atoms with van der Waals surface area (Å²) in [6.07, 6.45) is 0. The lowest BCUT2D eigenvalue weighted by Gasteiger charge is -2.21. The maximum absolute atomic E-state index is 10.8. The van der Waals surface area contributed by atoms with Crippen LogP contribution in [-0.4, -0.2) is 35.9 Å². The molecule has 1 aromatic rings. The molecule has 0 aliphatic heterocycles. The van der Waals surface area contributed by atoms with Gasteiger partial charge in [-0.1, -0.05) is 32.9 Å². The Kier molecular flexibility index (Phi) is 5.53. The Morgan fingerprint density at radius 2 is 2.05 bits per heavy atom. The molecule has 0 aliphatic carbocycles. The number of benzene rings is 1. The third-order valence-electron chi connectivity index (χ3n) is 3.17. The molecule has 0 aromatic heterocycles. The number of aliphatic carboxylic acids is 1. The van der Waals surface area contributed by atoms with E-state index in [0.717, 1.165) is 11.1 Å². The number of carbonyl (C=O) groups is 1. The second-order valence-corrected chi connectivity index (χ2v) is 5.73. The number of methoxy groups -OCH3 is 1. The molecule has 5 nitrogen and oxygen atoms in total. The van der Waals surface area contributed by atoms with Crippen LogP contribution in [0.25, 0.3) is 0 Å². The Balaban J connectivity index is 2.88. The minimum Gasteiger partial charge on any atom is -0.496 e. The van der Waals surface area contributed by atoms with Crippen LogP contribution >= 0.6 is 0 Å². The van der Waals surface area contributed by atoms with Gasteiger partial charge in [-0.2, -0.15) is 0 Å². The molecule has 0 fully saturated rings. The minimum atomic E-state index is -1.07. The highest BCUT2D eigenvalue weighted by molar-refractivity contribution is 5.73. The topological polar surface area (TPSA) is 78.8 Å². The van der Waals surface area contributed by atoms with Crippen molar-refractivity contribution < 1.29 is 19.7 Å². The summed E-state index contributed by atoms with van der Waals surface area (Å²) in [7, 11) is 1.59. The zero-order chi connectivity index (χ0) is 15.3. The number of hydrogen-bond donors (Lipinski definition) is 3. The van der Waals surface area contributed by atoms with E-state index in [9.17, 15) is 4.79 Å². The molecule has 0 saturated carbocycles. The SMILES string of the molecule is COc1cc(C(C)(C)C)ccc1CNC(CO)C(=O)O. The molecule has 0 spiro atoms. The summed E-state index contributed by atoms with van der Waals surface area (Å²) in [6, 6.07) is 4.92. The fourth-order valence-corrected chi connectivity index (χ4v) is 1.82. The number of hydrogen-bond acceptors (Lipinski definition) is 4. The second kappa shape index (κ2) is 6.72. The Bertz CT molecular complexity index is 465. The largest absolute Gasteiger partial charge is 0.496 e. The van der Waals surface area contributed by atoms with Gasteiger partial charge in [0.15, 0.2) is 0 Å². The standard InChI is InChI=1S/C15H23NO4/c1-15(2,3)11-6-5-10(13(7-11)20-4)8-16-12(9-17)14(18)19/h5-7,12,16-17H,8-9H2,1-4H3,(H,18,19). The molecule has 3 N–H and O–H groups in total. The van der Waals surface area contributed by atoms with E-state index in [2.05, 4.69) is 26.1 Å². The minimum absolute atomic E-state index is 0.0218. The summed E-state index contributed by atoms with van der Waals surface area (Å²) in [6.45, 7) is 6.23. The summed E-state index contributed by atoms with van der Waals surface area (Å²) < 4.78 is 5.36. The van der Waals surface area contributed by atoms with E-state index in [1.165, 1.54) is 0 Å². The van der Waals surface area contributed by atoms with Crippen molar-refractivity contribution in [1.29, 1.82) is 0 Å². The van der Waals surface area contributed by atoms with E-state index in [1.54, 1.807) is 7.11 Å². The number of rotatable bonds is 6. The van der Waals surface area contributed by atoms with Crippen LogP contribution in [0.4, 0.5) is 0 Å². The van der Waals surface area contributed by atoms with Crippen LogP contribution in [0, 0.1) is 0 Å². The zero-order valence-corrected chi connectivity index (χ0v) is 12.4. The highest BCUT2D eigenvalue weighted by Gasteiger charge is 2.18. The van der Waals surface area contributed by atoms with Crippen molar-refractivity contribution in [3.63, 3.8) is 0 Å². The first-order valence-corrected chi connectivity index (χ1v) is 6.54. The highest BCUT2D eigenvalue weighted by Crippen LogP contribution is 2.28. The molecular formula is C15H23NO4. The maximum Gasteiger partial charge on any atom is 0.323 e. The first kappa shape index (κ1) is 16.5. The monoisotopic (exact) mass is 281 g/mol. The summed E-state index contributed by atoms with van der Waals surface area (Å²) >= 11 is 0. The number of ether oxygens (including phenoxy) is 1. The molecule has 5 heteroatoms. The van der Waals surface area contributed by atoms with Gasteiger partial charge < -0.3 is 14.9 Å². The van der Waals surface area contributed by atoms with Gasteiger partial charge in [0.1, 0.15) is 11.8 Å². The van der Waals surface area contributed by atoms with Crippen LogP contribution in [0.2, 0.25) is 0 Å². The first-order valence-electron chi connectivity index (χ1n) is 6.54. The van der Waals surface area contributed by atoms with Crippen molar-refractivity contribution in [3.8, 4) is 5.75 Å². The predicted molar refractivity (Wildman–Crippen MR) is 77.0 cm³/mol. The van der Waals surface area contributed by atoms with Crippen molar-refractivity contribution in [2.45, 2.75) is 38.8 Å². The molecule has 0 heterocycles. The third-order valence-corrected chi connectivity index (χ3v) is 3.17. The molecule has 1 rings (SSSR count). The van der Waals surface area contributed by atoms with Crippen LogP contribution in [0.5, 0.6) is 5.75 Å². The number of aliphatic hydroxyl groups is 1. The van der Waals surface area contributed by atoms with Gasteiger partial charge in [0, 0.05) is 12.1 Å². The predicted octanol–water partition coefficient (Wildman–Crippen LogP) is 1.53. The first-order chi connectivity index (χ1) is 9.29. The summed E-state index contributed by atoms with van der Waals surface area (Å²) in [4.78, 5) is 10.8. The average Bonchev–Trinajstić information content (AvgIpc) is 2.37. The lowest BCUT2D eigenvalue weighted by molar-refractivity contribution is -0.140. The van der Waals surface area contributed by atoms with E-state index in [-0.39, 0.29) is 5.41 Å². The van der Waals surface area contributed by atoms with Crippen molar-refractivity contribution >= 4 is 5.97 Å². The fourth-order valence-electron chi connectivity index (χ4n) is 1.82. The summed E-state index contributed by atoms with van der Waals surface area (Å²) in [5, 5.41) is 20.6. The van der Waals surface area contributed by atoms with E-state index < -0.39 is 18.6 Å². The molecule has 1 unspecified atom stereocenters. The van der Waals surface area contributed by atoms with E-state index in [4.69, 9.17) is 14.9 Å². The molecule has 1 aromatic carbocycles. The van der Waals surface area contributed by atoms with Crippen molar-refractivity contribution in [3.05, 3.63) is 29.3 Å². The molecule has 0 saturated heterocycles. The van der Waals surface area contributed by atoms with Crippen LogP contribution in [-0.2, 0) is 16.8 Å². The van der Waals surface area contributed by atoms with Crippen LogP contribution < -0.4 is 10.1 Å². The number of nitrogens with one attached hydrogen (secondary N) is 1. The lowest BCUT2D eigenvalue weighted by atomic mass is 9.86. The number of carboxylic acids is 1. The highest BCUT2D eigenvalue weighted by atomic mass is 16.5. The van der Waals surface area contributed by atoms with Crippen LogP contribution in [0.3, 0.4) is 0 Å². The maximum atomic E-state index is 10.8. The van der Waals surface area contributed by atoms with E-state index >= 15 is 0 Å². The van der Waals surface area contributed by atoms with Gasteiger partial charge in [-0.15, -0.1) is 0 Å². The zero-order valence-electron chi connectivity index (χ0n) is 12.4. The normalized spacial score (nSPS) is 13.1. The van der Waals surface area contributed by atoms with Crippen LogP contribution in [0.15, 0.2) is 18.2 Å². The molecule has 0 radical (unpaired) electrons. The molecular weight excluding hydrogens is 258 g/mol. The van der Waals surface area contributed by atoms with Gasteiger partial charge >= 0.3 is 5.97 Å². The molecule has 20 heavy (non-hydrogen) atoms. The van der Waals surface area contributed by atoms with Gasteiger partial charge in [-0.25, -0.2) is 0 Å². The smallest absolute Gasteiger partial charge is 0.323 e. The molecule has 0 bridgehead atoms. The van der Waals surface area contributed by atoms with Crippen molar-refractivity contribution in [2.24, 2.45) is 0 Å². The molecule has 112 valence electrons. The summed E-state index contributed by atoms with van der Waals surface area (Å²) in [5.41, 5.74) is 2.03. The quantitative estimate of drug-likeness (QED) is 0.737. The Morgan fingerprint density at radius 1 is 1.40 bits per heavy atom. The van der Waals surface area contributed by atoms with Gasteiger partial charge in [-0.3, -0.25) is 10.1 Å².